The fraction of sp³-hybridized carbons (Fsp3) is 1.00. The Morgan fingerprint density at radius 3 is 2.26 bits per heavy atom. The molecule has 1 saturated carbocycles. The highest BCUT2D eigenvalue weighted by atomic mass is 35.5. The second-order valence-corrected chi connectivity index (χ2v) is 8.05. The van der Waals surface area contributed by atoms with Gasteiger partial charge < -0.3 is 4.74 Å². The molecule has 6 heteroatoms. The minimum atomic E-state index is -3.08. The van der Waals surface area contributed by atoms with Gasteiger partial charge in [-0.3, -0.25) is 0 Å². The van der Waals surface area contributed by atoms with Crippen molar-refractivity contribution < 1.29 is 13.2 Å². The van der Waals surface area contributed by atoms with Gasteiger partial charge in [0.1, 0.15) is 0 Å². The van der Waals surface area contributed by atoms with E-state index in [-0.39, 0.29) is 11.4 Å². The minimum Gasteiger partial charge on any atom is -0.377 e. The number of hydrogen-bond acceptors (Lipinski definition) is 3. The monoisotopic (exact) mass is 309 g/mol. The molecule has 19 heavy (non-hydrogen) atoms. The lowest BCUT2D eigenvalue weighted by Gasteiger charge is -2.34. The summed E-state index contributed by atoms with van der Waals surface area (Å²) in [6.45, 7) is 1.76. The first-order valence-corrected chi connectivity index (χ1v) is 9.35. The van der Waals surface area contributed by atoms with E-state index >= 15 is 0 Å². The number of rotatable bonds is 5. The summed E-state index contributed by atoms with van der Waals surface area (Å²) in [7, 11) is -3.08. The van der Waals surface area contributed by atoms with Crippen LogP contribution in [0.2, 0.25) is 0 Å². The molecule has 2 rings (SSSR count). The topological polar surface area (TPSA) is 46.6 Å². The summed E-state index contributed by atoms with van der Waals surface area (Å²) in [4.78, 5) is 0. The largest absolute Gasteiger partial charge is 0.377 e. The minimum absolute atomic E-state index is 0.137. The maximum atomic E-state index is 12.5. The quantitative estimate of drug-likeness (QED) is 0.733. The molecule has 0 atom stereocenters. The highest BCUT2D eigenvalue weighted by Crippen LogP contribution is 2.28. The van der Waals surface area contributed by atoms with E-state index in [2.05, 4.69) is 0 Å². The van der Waals surface area contributed by atoms with Gasteiger partial charge in [-0.25, -0.2) is 12.7 Å². The second-order valence-electron chi connectivity index (χ2n) is 5.46. The van der Waals surface area contributed by atoms with Gasteiger partial charge in [-0.1, -0.05) is 19.3 Å². The van der Waals surface area contributed by atoms with E-state index < -0.39 is 10.0 Å². The molecule has 2 fully saturated rings. The summed E-state index contributed by atoms with van der Waals surface area (Å²) in [5.74, 6) is 0.501. The summed E-state index contributed by atoms with van der Waals surface area (Å²) in [6, 6.07) is 0. The molecule has 0 aromatic rings. The Hall–Kier alpha value is 0.160. The van der Waals surface area contributed by atoms with Crippen molar-refractivity contribution in [3.8, 4) is 0 Å². The van der Waals surface area contributed by atoms with Gasteiger partial charge in [-0.05, 0) is 25.7 Å². The molecule has 0 amide bonds. The number of piperidine rings is 1. The van der Waals surface area contributed by atoms with E-state index in [1.54, 1.807) is 4.31 Å². The highest BCUT2D eigenvalue weighted by Gasteiger charge is 2.35. The van der Waals surface area contributed by atoms with Crippen molar-refractivity contribution in [1.82, 2.24) is 4.31 Å². The fourth-order valence-electron chi connectivity index (χ4n) is 3.04. The molecule has 0 bridgehead atoms. The Balaban J connectivity index is 1.85. The Kier molecular flexibility index (Phi) is 5.93. The standard InChI is InChI=1S/C13H24ClNO3S/c14-8-11-18-12-6-9-15(10-7-12)19(16,17)13-4-2-1-3-5-13/h12-13H,1-11H2. The highest BCUT2D eigenvalue weighted by molar-refractivity contribution is 7.89. The molecule has 112 valence electrons. The first-order valence-electron chi connectivity index (χ1n) is 7.31. The van der Waals surface area contributed by atoms with E-state index in [1.807, 2.05) is 0 Å². The average Bonchev–Trinajstić information content (AvgIpc) is 2.46. The average molecular weight is 310 g/mol. The first-order chi connectivity index (χ1) is 9.14. The van der Waals surface area contributed by atoms with Gasteiger partial charge in [0, 0.05) is 19.0 Å². The number of alkyl halides is 1. The summed E-state index contributed by atoms with van der Waals surface area (Å²) in [6.07, 6.45) is 6.73. The van der Waals surface area contributed by atoms with E-state index in [0.29, 0.717) is 25.6 Å². The Bertz CT molecular complexity index is 360. The van der Waals surface area contributed by atoms with Crippen LogP contribution in [-0.4, -0.2) is 49.7 Å². The van der Waals surface area contributed by atoms with E-state index in [0.717, 1.165) is 38.5 Å². The van der Waals surface area contributed by atoms with Crippen molar-refractivity contribution in [3.63, 3.8) is 0 Å². The molecule has 0 aromatic heterocycles. The van der Waals surface area contributed by atoms with Gasteiger partial charge >= 0.3 is 0 Å². The van der Waals surface area contributed by atoms with Crippen LogP contribution in [0.5, 0.6) is 0 Å². The zero-order valence-corrected chi connectivity index (χ0v) is 13.0. The molecule has 0 unspecified atom stereocenters. The van der Waals surface area contributed by atoms with Crippen LogP contribution in [0.25, 0.3) is 0 Å². The Morgan fingerprint density at radius 1 is 1.05 bits per heavy atom. The molecule has 0 spiro atoms. The lowest BCUT2D eigenvalue weighted by molar-refractivity contribution is 0.0299. The molecule has 0 aromatic carbocycles. The molecule has 0 radical (unpaired) electrons. The van der Waals surface area contributed by atoms with Gasteiger partial charge in [-0.15, -0.1) is 11.6 Å². The van der Waals surface area contributed by atoms with Crippen molar-refractivity contribution in [3.05, 3.63) is 0 Å². The zero-order valence-electron chi connectivity index (χ0n) is 11.4. The zero-order chi connectivity index (χ0) is 13.7. The third-order valence-corrected chi connectivity index (χ3v) is 6.72. The molecule has 1 heterocycles. The summed E-state index contributed by atoms with van der Waals surface area (Å²) < 4.78 is 32.3. The van der Waals surface area contributed by atoms with E-state index in [9.17, 15) is 8.42 Å². The normalized spacial score (nSPS) is 24.7. The van der Waals surface area contributed by atoms with Crippen molar-refractivity contribution in [2.45, 2.75) is 56.3 Å². The number of hydrogen-bond donors (Lipinski definition) is 0. The summed E-state index contributed by atoms with van der Waals surface area (Å²) >= 11 is 5.59. The van der Waals surface area contributed by atoms with Crippen LogP contribution < -0.4 is 0 Å². The van der Waals surface area contributed by atoms with Crippen LogP contribution in [0.15, 0.2) is 0 Å². The maximum absolute atomic E-state index is 12.5. The van der Waals surface area contributed by atoms with Crippen LogP contribution >= 0.6 is 11.6 Å². The molecule has 1 saturated heterocycles. The number of ether oxygens (including phenoxy) is 1. The summed E-state index contributed by atoms with van der Waals surface area (Å²) in [5, 5.41) is -0.137. The molecular weight excluding hydrogens is 286 g/mol. The van der Waals surface area contributed by atoms with Crippen LogP contribution in [0.3, 0.4) is 0 Å². The van der Waals surface area contributed by atoms with Crippen molar-refractivity contribution in [1.29, 1.82) is 0 Å². The van der Waals surface area contributed by atoms with Crippen LogP contribution in [-0.2, 0) is 14.8 Å². The summed E-state index contributed by atoms with van der Waals surface area (Å²) in [5.41, 5.74) is 0. The van der Waals surface area contributed by atoms with Crippen molar-refractivity contribution in [2.24, 2.45) is 0 Å². The molecule has 1 aliphatic heterocycles. The van der Waals surface area contributed by atoms with E-state index in [1.165, 1.54) is 6.42 Å². The van der Waals surface area contributed by atoms with E-state index in [4.69, 9.17) is 16.3 Å². The lowest BCUT2D eigenvalue weighted by Crippen LogP contribution is -2.45. The fourth-order valence-corrected chi connectivity index (χ4v) is 5.20. The maximum Gasteiger partial charge on any atom is 0.216 e. The third kappa shape index (κ3) is 4.06. The Labute approximate surface area is 121 Å². The van der Waals surface area contributed by atoms with Crippen molar-refractivity contribution in [2.75, 3.05) is 25.6 Å². The first kappa shape index (κ1) is 15.5. The van der Waals surface area contributed by atoms with Gasteiger partial charge in [0.25, 0.3) is 0 Å². The van der Waals surface area contributed by atoms with Crippen LogP contribution in [0.1, 0.15) is 44.9 Å². The lowest BCUT2D eigenvalue weighted by atomic mass is 10.0. The van der Waals surface area contributed by atoms with Gasteiger partial charge in [0.15, 0.2) is 0 Å². The van der Waals surface area contributed by atoms with Gasteiger partial charge in [0.05, 0.1) is 18.0 Å². The molecule has 2 aliphatic rings. The number of sulfonamides is 1. The molecule has 1 aliphatic carbocycles. The van der Waals surface area contributed by atoms with Crippen LogP contribution in [0, 0.1) is 0 Å². The predicted octanol–water partition coefficient (Wildman–Crippen LogP) is 2.37. The SMILES string of the molecule is O=S(=O)(C1CCCCC1)N1CCC(OCCCl)CC1. The number of halogens is 1. The van der Waals surface area contributed by atoms with Crippen LogP contribution in [0.4, 0.5) is 0 Å². The molecular formula is C13H24ClNO3S. The smallest absolute Gasteiger partial charge is 0.216 e. The van der Waals surface area contributed by atoms with Crippen molar-refractivity contribution >= 4 is 21.6 Å². The molecule has 4 nitrogen and oxygen atoms in total. The second kappa shape index (κ2) is 7.25. The number of nitrogens with zero attached hydrogens (tertiary/aromatic N) is 1. The van der Waals surface area contributed by atoms with Gasteiger partial charge in [-0.2, -0.15) is 0 Å². The predicted molar refractivity (Wildman–Crippen MR) is 77.1 cm³/mol. The van der Waals surface area contributed by atoms with Gasteiger partial charge in [0.2, 0.25) is 10.0 Å². The molecule has 0 N–H and O–H groups in total. The third-order valence-electron chi connectivity index (χ3n) is 4.16. The Morgan fingerprint density at radius 2 is 1.68 bits per heavy atom.